The van der Waals surface area contributed by atoms with E-state index in [-0.39, 0.29) is 12.1 Å². The summed E-state index contributed by atoms with van der Waals surface area (Å²) in [6.45, 7) is 3.57. The molecular formula is C9H17NO4. The fourth-order valence-electron chi connectivity index (χ4n) is 2.80. The highest BCUT2D eigenvalue weighted by molar-refractivity contribution is 5.11. The first kappa shape index (κ1) is 10.3. The molecule has 2 saturated heterocycles. The van der Waals surface area contributed by atoms with Crippen molar-refractivity contribution in [3.8, 4) is 0 Å². The second kappa shape index (κ2) is 3.15. The van der Waals surface area contributed by atoms with E-state index in [9.17, 15) is 20.4 Å². The molecule has 0 bridgehead atoms. The molecule has 0 amide bonds. The van der Waals surface area contributed by atoms with Crippen LogP contribution in [0, 0.1) is 0 Å². The minimum atomic E-state index is -0.973. The van der Waals surface area contributed by atoms with E-state index in [0.717, 1.165) is 0 Å². The fraction of sp³-hybridized carbons (Fsp3) is 1.00. The van der Waals surface area contributed by atoms with Crippen molar-refractivity contribution >= 4 is 0 Å². The number of aliphatic hydroxyl groups is 4. The highest BCUT2D eigenvalue weighted by Gasteiger charge is 2.58. The van der Waals surface area contributed by atoms with Crippen LogP contribution in [0.4, 0.5) is 0 Å². The Hall–Kier alpha value is -0.200. The van der Waals surface area contributed by atoms with Crippen LogP contribution in [0.5, 0.6) is 0 Å². The molecule has 7 atom stereocenters. The monoisotopic (exact) mass is 203 g/mol. The molecule has 5 heteroatoms. The lowest BCUT2D eigenvalue weighted by Crippen LogP contribution is -2.42. The Morgan fingerprint density at radius 2 is 1.07 bits per heavy atom. The smallest absolute Gasteiger partial charge is 0.0995 e. The van der Waals surface area contributed by atoms with Crippen LogP contribution >= 0.6 is 0 Å². The lowest BCUT2D eigenvalue weighted by Gasteiger charge is -2.26. The second-order valence-electron chi connectivity index (χ2n) is 4.38. The first-order valence-corrected chi connectivity index (χ1v) is 4.96. The number of rotatable bonds is 0. The van der Waals surface area contributed by atoms with E-state index in [1.165, 1.54) is 0 Å². The Morgan fingerprint density at radius 1 is 0.714 bits per heavy atom. The van der Waals surface area contributed by atoms with Gasteiger partial charge < -0.3 is 20.4 Å². The van der Waals surface area contributed by atoms with Gasteiger partial charge in [-0.25, -0.2) is 0 Å². The number of aliphatic hydroxyl groups excluding tert-OH is 4. The van der Waals surface area contributed by atoms with Gasteiger partial charge in [-0.2, -0.15) is 0 Å². The molecular weight excluding hydrogens is 186 g/mol. The van der Waals surface area contributed by atoms with Crippen molar-refractivity contribution in [2.24, 2.45) is 0 Å². The van der Waals surface area contributed by atoms with Crippen molar-refractivity contribution < 1.29 is 20.4 Å². The van der Waals surface area contributed by atoms with Gasteiger partial charge in [-0.1, -0.05) is 0 Å². The highest BCUT2D eigenvalue weighted by atomic mass is 16.4. The summed E-state index contributed by atoms with van der Waals surface area (Å²) in [4.78, 5) is 1.80. The Bertz CT molecular complexity index is 193. The minimum absolute atomic E-state index is 0.225. The lowest BCUT2D eigenvalue weighted by molar-refractivity contribution is -0.0273. The van der Waals surface area contributed by atoms with Crippen LogP contribution in [0.1, 0.15) is 13.8 Å². The van der Waals surface area contributed by atoms with Crippen molar-refractivity contribution in [1.29, 1.82) is 0 Å². The van der Waals surface area contributed by atoms with Crippen molar-refractivity contribution in [2.75, 3.05) is 0 Å². The van der Waals surface area contributed by atoms with E-state index < -0.39 is 30.5 Å². The molecule has 0 aromatic heterocycles. The lowest BCUT2D eigenvalue weighted by atomic mass is 10.0. The molecule has 4 N–H and O–H groups in total. The minimum Gasteiger partial charge on any atom is -0.389 e. The Balaban J connectivity index is 2.29. The predicted octanol–water partition coefficient (Wildman–Crippen LogP) is -2.10. The van der Waals surface area contributed by atoms with E-state index in [0.29, 0.717) is 0 Å². The molecule has 0 aromatic carbocycles. The summed E-state index contributed by atoms with van der Waals surface area (Å²) in [5.41, 5.74) is 0. The molecule has 0 radical (unpaired) electrons. The van der Waals surface area contributed by atoms with Crippen molar-refractivity contribution in [1.82, 2.24) is 4.90 Å². The van der Waals surface area contributed by atoms with Crippen molar-refractivity contribution in [3.63, 3.8) is 0 Å². The third-order valence-electron chi connectivity index (χ3n) is 3.67. The van der Waals surface area contributed by atoms with E-state index in [4.69, 9.17) is 0 Å². The largest absolute Gasteiger partial charge is 0.389 e. The van der Waals surface area contributed by atoms with E-state index in [2.05, 4.69) is 0 Å². The molecule has 82 valence electrons. The van der Waals surface area contributed by atoms with Crippen LogP contribution in [-0.4, -0.2) is 67.9 Å². The van der Waals surface area contributed by atoms with Gasteiger partial charge in [-0.3, -0.25) is 4.90 Å². The van der Waals surface area contributed by atoms with Gasteiger partial charge in [0.25, 0.3) is 0 Å². The molecule has 0 spiro atoms. The van der Waals surface area contributed by atoms with Gasteiger partial charge in [0.2, 0.25) is 0 Å². The van der Waals surface area contributed by atoms with Crippen LogP contribution in [0.3, 0.4) is 0 Å². The normalized spacial score (nSPS) is 59.1. The van der Waals surface area contributed by atoms with Crippen LogP contribution in [0.2, 0.25) is 0 Å². The van der Waals surface area contributed by atoms with Crippen molar-refractivity contribution in [2.45, 2.75) is 56.4 Å². The Morgan fingerprint density at radius 3 is 1.36 bits per heavy atom. The van der Waals surface area contributed by atoms with E-state index in [1.807, 2.05) is 0 Å². The molecule has 5 nitrogen and oxygen atoms in total. The first-order chi connectivity index (χ1) is 6.46. The van der Waals surface area contributed by atoms with Crippen LogP contribution in [-0.2, 0) is 0 Å². The van der Waals surface area contributed by atoms with E-state index in [1.54, 1.807) is 18.7 Å². The molecule has 14 heavy (non-hydrogen) atoms. The van der Waals surface area contributed by atoms with E-state index >= 15 is 0 Å². The maximum Gasteiger partial charge on any atom is 0.0995 e. The van der Waals surface area contributed by atoms with Crippen LogP contribution in [0.15, 0.2) is 0 Å². The van der Waals surface area contributed by atoms with Crippen molar-refractivity contribution in [3.05, 3.63) is 0 Å². The van der Waals surface area contributed by atoms with Gasteiger partial charge in [0.1, 0.15) is 0 Å². The summed E-state index contributed by atoms with van der Waals surface area (Å²) in [6, 6.07) is -0.987. The second-order valence-corrected chi connectivity index (χ2v) is 4.38. The molecule has 0 aliphatic carbocycles. The fourth-order valence-corrected chi connectivity index (χ4v) is 2.80. The standard InChI is InChI=1S/C9H17NO4/c1-3-6(11)8(13)5-9(14)7(12)4(2)10(3)5/h3-9,11-14H,1-2H3/t3-,4-,5?,6-,7+,8+,9-/m1/s1. The topological polar surface area (TPSA) is 84.2 Å². The summed E-state index contributed by atoms with van der Waals surface area (Å²) in [6.07, 6.45) is -3.63. The number of fused-ring (bicyclic) bond motifs is 1. The van der Waals surface area contributed by atoms with Gasteiger partial charge in [0, 0.05) is 12.1 Å². The summed E-state index contributed by atoms with van der Waals surface area (Å²) in [5, 5.41) is 38.6. The zero-order chi connectivity index (χ0) is 10.6. The van der Waals surface area contributed by atoms with Gasteiger partial charge in [-0.15, -0.1) is 0 Å². The first-order valence-electron chi connectivity index (χ1n) is 4.96. The van der Waals surface area contributed by atoms with Gasteiger partial charge in [-0.05, 0) is 13.8 Å². The molecule has 2 heterocycles. The quantitative estimate of drug-likeness (QED) is 0.362. The summed E-state index contributed by atoms with van der Waals surface area (Å²) < 4.78 is 0. The summed E-state index contributed by atoms with van der Waals surface area (Å²) >= 11 is 0. The molecule has 0 saturated carbocycles. The molecule has 0 aromatic rings. The van der Waals surface area contributed by atoms with Crippen LogP contribution < -0.4 is 0 Å². The number of hydrogen-bond acceptors (Lipinski definition) is 5. The predicted molar refractivity (Wildman–Crippen MR) is 48.6 cm³/mol. The van der Waals surface area contributed by atoms with Gasteiger partial charge in [0.05, 0.1) is 30.5 Å². The molecule has 1 unspecified atom stereocenters. The SMILES string of the molecule is C[C@@H]1[C@H](O)[C@H](O)C2[C@H](O)[C@H](O)[C@@H](C)N21. The average Bonchev–Trinajstić information content (AvgIpc) is 2.51. The third-order valence-corrected chi connectivity index (χ3v) is 3.67. The average molecular weight is 203 g/mol. The summed E-state index contributed by atoms with van der Waals surface area (Å²) in [7, 11) is 0. The molecule has 2 aliphatic heterocycles. The maximum absolute atomic E-state index is 9.68. The zero-order valence-corrected chi connectivity index (χ0v) is 8.28. The number of hydrogen-bond donors (Lipinski definition) is 4. The number of nitrogens with zero attached hydrogens (tertiary/aromatic N) is 1. The zero-order valence-electron chi connectivity index (χ0n) is 8.28. The maximum atomic E-state index is 9.68. The molecule has 2 fully saturated rings. The summed E-state index contributed by atoms with van der Waals surface area (Å²) in [5.74, 6) is 0. The highest BCUT2D eigenvalue weighted by Crippen LogP contribution is 2.37. The molecule has 2 rings (SSSR count). The Labute approximate surface area is 82.6 Å². The Kier molecular flexibility index (Phi) is 2.32. The van der Waals surface area contributed by atoms with Gasteiger partial charge >= 0.3 is 0 Å². The molecule has 2 aliphatic rings. The van der Waals surface area contributed by atoms with Gasteiger partial charge in [0.15, 0.2) is 0 Å². The van der Waals surface area contributed by atoms with Crippen LogP contribution in [0.25, 0.3) is 0 Å². The third kappa shape index (κ3) is 1.07.